The number of nitrogens with one attached hydrogen (secondary N) is 3. The molecule has 0 aromatic carbocycles. The molecule has 0 rings (SSSR count). The van der Waals surface area contributed by atoms with Crippen LogP contribution in [0.2, 0.25) is 0 Å². The van der Waals surface area contributed by atoms with E-state index < -0.39 is 54.0 Å². The number of amides is 3. The molecule has 0 bridgehead atoms. The highest BCUT2D eigenvalue weighted by atomic mass is 32.2. The molecule has 0 unspecified atom stereocenters. The van der Waals surface area contributed by atoms with Crippen molar-refractivity contribution in [2.75, 3.05) is 99.1 Å². The molecule has 0 saturated carbocycles. The van der Waals surface area contributed by atoms with Crippen molar-refractivity contribution in [3.05, 3.63) is 0 Å². The lowest BCUT2D eigenvalue weighted by Gasteiger charge is -1.95. The van der Waals surface area contributed by atoms with Crippen LogP contribution in [0.15, 0.2) is 0 Å². The summed E-state index contributed by atoms with van der Waals surface area (Å²) in [6.45, 7) is 3.02. The van der Waals surface area contributed by atoms with E-state index in [9.17, 15) is 37.2 Å². The number of rotatable bonds is 11. The van der Waals surface area contributed by atoms with E-state index in [4.69, 9.17) is 46.0 Å². The number of urea groups is 1. The van der Waals surface area contributed by atoms with Crippen molar-refractivity contribution in [1.29, 1.82) is 0 Å². The Labute approximate surface area is 308 Å². The van der Waals surface area contributed by atoms with Crippen LogP contribution in [0.4, 0.5) is 9.59 Å². The second-order valence-corrected chi connectivity index (χ2v) is 10.3. The van der Waals surface area contributed by atoms with Crippen molar-refractivity contribution >= 4 is 57.2 Å². The molecule has 0 aromatic rings. The van der Waals surface area contributed by atoms with Gasteiger partial charge in [0.05, 0.1) is 13.0 Å². The molecular formula is C26H61N3O21S2. The third kappa shape index (κ3) is 127. The molecule has 0 aromatic heterocycles. The van der Waals surface area contributed by atoms with E-state index in [1.165, 1.54) is 60.8 Å². The first-order valence-electron chi connectivity index (χ1n) is 13.9. The molecular weight excluding hydrogens is 754 g/mol. The van der Waals surface area contributed by atoms with Gasteiger partial charge in [0, 0.05) is 40.3 Å². The minimum absolute atomic E-state index is 0.0174. The van der Waals surface area contributed by atoms with Crippen LogP contribution < -0.4 is 16.0 Å². The lowest BCUT2D eigenvalue weighted by Crippen LogP contribution is -2.33. The van der Waals surface area contributed by atoms with Crippen molar-refractivity contribution in [3.8, 4) is 0 Å². The van der Waals surface area contributed by atoms with Crippen LogP contribution in [0.5, 0.6) is 0 Å². The van der Waals surface area contributed by atoms with Gasteiger partial charge in [-0.25, -0.2) is 22.8 Å². The Kier molecular flexibility index (Phi) is 89.3. The van der Waals surface area contributed by atoms with E-state index in [0.29, 0.717) is 6.42 Å². The molecule has 0 radical (unpaired) electrons. The van der Waals surface area contributed by atoms with Gasteiger partial charge in [-0.05, 0) is 13.2 Å². The van der Waals surface area contributed by atoms with Crippen LogP contribution in [0, 0.1) is 0 Å². The lowest BCUT2D eigenvalue weighted by molar-refractivity contribution is -0.149. The van der Waals surface area contributed by atoms with Crippen molar-refractivity contribution in [1.82, 2.24) is 16.0 Å². The van der Waals surface area contributed by atoms with Gasteiger partial charge in [0.25, 0.3) is 0 Å². The van der Waals surface area contributed by atoms with Gasteiger partial charge in [0.1, 0.15) is 39.3 Å². The Morgan fingerprint density at radius 3 is 1.17 bits per heavy atom. The van der Waals surface area contributed by atoms with Gasteiger partial charge in [0.2, 0.25) is 0 Å². The monoisotopic (exact) mass is 815 g/mol. The second-order valence-electron chi connectivity index (χ2n) is 7.13. The average molecular weight is 816 g/mol. The fraction of sp³-hybridized carbons (Fsp3) is 0.769. The van der Waals surface area contributed by atoms with Crippen molar-refractivity contribution in [2.45, 2.75) is 34.1 Å². The van der Waals surface area contributed by atoms with Gasteiger partial charge in [0.15, 0.2) is 35.0 Å². The number of aliphatic hydroxyl groups excluding tert-OH is 9. The molecule has 12 N–H and O–H groups in total. The minimum atomic E-state index is -3.10. The minimum Gasteiger partial charge on any atom is -0.467 e. The zero-order chi connectivity index (χ0) is 43.4. The zero-order valence-electron chi connectivity index (χ0n) is 31.0. The van der Waals surface area contributed by atoms with Crippen molar-refractivity contribution < 1.29 is 102 Å². The van der Waals surface area contributed by atoms with Crippen LogP contribution in [0.1, 0.15) is 34.1 Å². The van der Waals surface area contributed by atoms with Crippen LogP contribution in [-0.4, -0.2) is 189 Å². The fourth-order valence-corrected chi connectivity index (χ4v) is 0.832. The maximum absolute atomic E-state index is 10.1. The molecule has 318 valence electrons. The summed E-state index contributed by atoms with van der Waals surface area (Å²) in [4.78, 5) is 58.8. The summed E-state index contributed by atoms with van der Waals surface area (Å²) in [7, 11) is 2.44. The third-order valence-electron chi connectivity index (χ3n) is 3.18. The number of ketones is 2. The summed E-state index contributed by atoms with van der Waals surface area (Å²) in [5.41, 5.74) is 0. The van der Waals surface area contributed by atoms with Crippen LogP contribution in [0.25, 0.3) is 0 Å². The van der Waals surface area contributed by atoms with E-state index >= 15 is 0 Å². The average Bonchev–Trinajstić information content (AvgIpc) is 3.15. The predicted molar refractivity (Wildman–Crippen MR) is 187 cm³/mol. The Morgan fingerprint density at radius 2 is 1.13 bits per heavy atom. The predicted octanol–water partition coefficient (Wildman–Crippen LogP) is -4.41. The molecule has 0 aliphatic rings. The normalized spacial score (nSPS) is 8.27. The molecule has 0 aliphatic heterocycles. The number of hydrogen-bond acceptors (Lipinski definition) is 22. The number of Topliss-reactive ketones (excluding diaryl/α,β-unsaturated/α-hetero) is 2. The number of sulfone groups is 1. The number of ether oxygens (including phenoxy) is 4. The Bertz CT molecular complexity index is 819. The largest absolute Gasteiger partial charge is 0.467 e. The van der Waals surface area contributed by atoms with Crippen LogP contribution >= 0.6 is 11.8 Å². The van der Waals surface area contributed by atoms with E-state index in [-0.39, 0.29) is 56.0 Å². The number of thioether (sulfide) groups is 1. The van der Waals surface area contributed by atoms with Crippen molar-refractivity contribution in [3.63, 3.8) is 0 Å². The maximum atomic E-state index is 10.1. The van der Waals surface area contributed by atoms with Crippen LogP contribution in [0.3, 0.4) is 0 Å². The zero-order valence-corrected chi connectivity index (χ0v) is 32.7. The molecule has 0 heterocycles. The summed E-state index contributed by atoms with van der Waals surface area (Å²) < 4.78 is 36.3. The maximum Gasteiger partial charge on any atom is 0.408 e. The fourth-order valence-electron chi connectivity index (χ4n) is 0.650. The molecule has 0 fully saturated rings. The SMILES string of the molecule is CC(=O)CO.CC(=O)OCO.CCC(=O)CO.CCS(=O)(=O)CO.CNC(=O)NCO.CNC(=O)OCO.COC(=O)CO.COCO.CSCO. The highest BCUT2D eigenvalue weighted by Crippen LogP contribution is 1.82. The summed E-state index contributed by atoms with van der Waals surface area (Å²) in [5.74, 6) is -1.83. The number of carbonyl (C=O) groups is 6. The van der Waals surface area contributed by atoms with Gasteiger partial charge >= 0.3 is 24.1 Å². The molecule has 0 saturated heterocycles. The highest BCUT2D eigenvalue weighted by Gasteiger charge is 2.01. The Morgan fingerprint density at radius 1 is 0.712 bits per heavy atom. The first-order chi connectivity index (χ1) is 24.2. The number of methoxy groups -OCH3 is 2. The summed E-state index contributed by atoms with van der Waals surface area (Å²) >= 11 is 1.41. The second kappa shape index (κ2) is 66.0. The van der Waals surface area contributed by atoms with Crippen molar-refractivity contribution in [2.24, 2.45) is 0 Å². The van der Waals surface area contributed by atoms with Crippen LogP contribution in [-0.2, 0) is 48.0 Å². The highest BCUT2D eigenvalue weighted by molar-refractivity contribution is 7.98. The number of esters is 2. The van der Waals surface area contributed by atoms with Gasteiger partial charge in [-0.15, -0.1) is 11.8 Å². The van der Waals surface area contributed by atoms with Gasteiger partial charge < -0.3 is 80.9 Å². The summed E-state index contributed by atoms with van der Waals surface area (Å²) in [6.07, 6.45) is 1.67. The van der Waals surface area contributed by atoms with E-state index in [1.807, 2.05) is 6.26 Å². The molecule has 24 nitrogen and oxygen atoms in total. The summed E-state index contributed by atoms with van der Waals surface area (Å²) in [6, 6.07) is -0.373. The number of carbonyl (C=O) groups excluding carboxylic acids is 6. The standard InChI is InChI=1S/C4H8O2.C3H8N2O2.C3H7NO3.C3H8O3S.2C3H6O3.C3H6O2.C2H6O2.C2H6OS/c1-2-4(6)3-5;1-4-3(7)5-2-6;1-4-3(6)7-2-5;1-2-7(5,6)3-4;1-6-3(5)2-4;1-3(5)6-2-4;1-3(5)2-4;2*1-4-2-3/h5H,2-3H2,1H3;6H,2H2,1H3,(H2,4,5,7);5H,2H2,1H3,(H,4,6);4H,2-3H2,1H3;2*4H,2H2,1H3;4H,2H2,1H3;2*3H,2H2,1H3. The smallest absolute Gasteiger partial charge is 0.408 e. The number of alkyl carbamates (subject to hydrolysis) is 1. The Hall–Kier alpha value is -3.28. The summed E-state index contributed by atoms with van der Waals surface area (Å²) in [5, 5.41) is 77.3. The van der Waals surface area contributed by atoms with E-state index in [1.54, 1.807) is 6.92 Å². The first kappa shape index (κ1) is 70.3. The van der Waals surface area contributed by atoms with E-state index in [2.05, 4.69) is 34.9 Å². The molecule has 0 atom stereocenters. The topological polar surface area (TPSA) is 392 Å². The molecule has 52 heavy (non-hydrogen) atoms. The lowest BCUT2D eigenvalue weighted by atomic mass is 10.3. The quantitative estimate of drug-likeness (QED) is 0.0532. The molecule has 26 heteroatoms. The number of aliphatic hydroxyl groups is 9. The van der Waals surface area contributed by atoms with Gasteiger partial charge in [-0.3, -0.25) is 14.4 Å². The van der Waals surface area contributed by atoms with E-state index in [0.717, 1.165) is 0 Å². The molecule has 3 amide bonds. The molecule has 0 spiro atoms. The third-order valence-corrected chi connectivity index (χ3v) is 4.71. The Balaban J connectivity index is -0.0000000575. The molecule has 0 aliphatic carbocycles. The first-order valence-corrected chi connectivity index (χ1v) is 17.1. The van der Waals surface area contributed by atoms with Gasteiger partial charge in [-0.2, -0.15) is 0 Å². The van der Waals surface area contributed by atoms with Gasteiger partial charge in [-0.1, -0.05) is 13.8 Å². The number of hydrogen-bond donors (Lipinski definition) is 12.